The second-order valence-corrected chi connectivity index (χ2v) is 11.6. The van der Waals surface area contributed by atoms with Gasteiger partial charge in [-0.05, 0) is 31.9 Å². The molecule has 1 aliphatic rings. The minimum Gasteiger partial charge on any atom is -0.478 e. The van der Waals surface area contributed by atoms with Gasteiger partial charge in [-0.15, -0.1) is 0 Å². The first kappa shape index (κ1) is 41.2. The Morgan fingerprint density at radius 3 is 2.32 bits per heavy atom. The Labute approximate surface area is 279 Å². The van der Waals surface area contributed by atoms with Crippen LogP contribution in [0.25, 0.3) is 0 Å². The zero-order valence-electron chi connectivity index (χ0n) is 26.9. The summed E-state index contributed by atoms with van der Waals surface area (Å²) in [5, 5.41) is 50.8. The van der Waals surface area contributed by atoms with Crippen LogP contribution in [0.5, 0.6) is 0 Å². The highest BCUT2D eigenvalue weighted by molar-refractivity contribution is 6.30. The SMILES string of the molecule is CC/C=C/[C@@H](OC(N)=O)[C@@H](C)[C@H](O)CC(=O)[C@@H](O)[C@H](O)[C@H](C)/C(Cl)=C/C=C/C=C(C)/C=C/C=C/C(=O)O[C@@H]1CC(C(=O)O)=CC[C@@H]1O. The van der Waals surface area contributed by atoms with Crippen molar-refractivity contribution in [2.75, 3.05) is 0 Å². The summed E-state index contributed by atoms with van der Waals surface area (Å²) in [5.41, 5.74) is 5.98. The van der Waals surface area contributed by atoms with Crippen LogP contribution >= 0.6 is 11.6 Å². The van der Waals surface area contributed by atoms with Gasteiger partial charge in [0.1, 0.15) is 18.3 Å². The van der Waals surface area contributed by atoms with Crippen LogP contribution in [-0.4, -0.2) is 86.0 Å². The molecule has 13 heteroatoms. The number of aliphatic hydroxyl groups is 4. The number of esters is 1. The van der Waals surface area contributed by atoms with Gasteiger partial charge < -0.3 is 40.7 Å². The molecule has 0 unspecified atom stereocenters. The summed E-state index contributed by atoms with van der Waals surface area (Å²) in [4.78, 5) is 47.0. The second kappa shape index (κ2) is 21.1. The first-order valence-corrected chi connectivity index (χ1v) is 15.5. The minimum atomic E-state index is -1.83. The molecular weight excluding hydrogens is 634 g/mol. The van der Waals surface area contributed by atoms with Gasteiger partial charge in [0, 0.05) is 41.4 Å². The number of allylic oxidation sites excluding steroid dienone is 9. The van der Waals surface area contributed by atoms with E-state index in [2.05, 4.69) is 0 Å². The average molecular weight is 680 g/mol. The van der Waals surface area contributed by atoms with Gasteiger partial charge in [0.15, 0.2) is 5.78 Å². The van der Waals surface area contributed by atoms with E-state index in [1.165, 1.54) is 25.2 Å². The number of hydrogen-bond acceptors (Lipinski definition) is 10. The predicted molar refractivity (Wildman–Crippen MR) is 176 cm³/mol. The van der Waals surface area contributed by atoms with Crippen molar-refractivity contribution >= 4 is 35.4 Å². The summed E-state index contributed by atoms with van der Waals surface area (Å²) in [7, 11) is 0. The number of ketones is 1. The molecule has 0 saturated heterocycles. The Morgan fingerprint density at radius 2 is 1.70 bits per heavy atom. The standard InChI is InChI=1S/C34H46ClNO11/c1-5-6-14-28(47-34(36)45)22(4)26(38)19-27(39)32(42)31(41)21(3)24(35)13-9-7-11-20(2)12-8-10-15-30(40)46-29-18-23(33(43)44)16-17-25(29)37/h6-16,21-22,25-26,28-29,31-32,37-38,41-42H,5,17-19H2,1-4H3,(H2,36,45)(H,43,44)/b9-7+,12-8+,14-6+,15-10+,20-11+,24-13-/t21-,22+,25+,26-,28-,29-,31-,32-/m1/s1. The topological polar surface area (TPSA) is 214 Å². The van der Waals surface area contributed by atoms with Crippen LogP contribution in [-0.2, 0) is 23.9 Å². The van der Waals surface area contributed by atoms with Crippen molar-refractivity contribution in [2.24, 2.45) is 17.6 Å². The maximum atomic E-state index is 12.6. The molecule has 0 aromatic rings. The largest absolute Gasteiger partial charge is 0.478 e. The summed E-state index contributed by atoms with van der Waals surface area (Å²) in [6.07, 6.45) is 8.67. The summed E-state index contributed by atoms with van der Waals surface area (Å²) in [5.74, 6) is -4.20. The molecular formula is C34H46ClNO11. The molecule has 1 amide bonds. The number of aliphatic carboxylic acids is 1. The molecule has 0 aliphatic heterocycles. The van der Waals surface area contributed by atoms with E-state index in [-0.39, 0.29) is 23.4 Å². The van der Waals surface area contributed by atoms with Gasteiger partial charge in [-0.2, -0.15) is 0 Å². The van der Waals surface area contributed by atoms with Gasteiger partial charge in [-0.3, -0.25) is 4.79 Å². The maximum Gasteiger partial charge on any atom is 0.405 e. The lowest BCUT2D eigenvalue weighted by atomic mass is 9.89. The number of carbonyl (C=O) groups excluding carboxylic acids is 3. The fourth-order valence-electron chi connectivity index (χ4n) is 4.32. The summed E-state index contributed by atoms with van der Waals surface area (Å²) >= 11 is 6.29. The number of carbonyl (C=O) groups is 4. The third kappa shape index (κ3) is 15.1. The van der Waals surface area contributed by atoms with E-state index < -0.39 is 78.7 Å². The Bertz CT molecular complexity index is 1300. The molecule has 0 radical (unpaired) electrons. The number of halogens is 1. The Kier molecular flexibility index (Phi) is 18.5. The van der Waals surface area contributed by atoms with E-state index in [4.69, 9.17) is 31.9 Å². The number of nitrogens with two attached hydrogens (primary N) is 1. The van der Waals surface area contributed by atoms with Crippen molar-refractivity contribution in [1.29, 1.82) is 0 Å². The van der Waals surface area contributed by atoms with E-state index >= 15 is 0 Å². The Balaban J connectivity index is 2.66. The molecule has 1 rings (SSSR count). The predicted octanol–water partition coefficient (Wildman–Crippen LogP) is 3.55. The summed E-state index contributed by atoms with van der Waals surface area (Å²) < 4.78 is 10.2. The second-order valence-electron chi connectivity index (χ2n) is 11.1. The third-order valence-electron chi connectivity index (χ3n) is 7.38. The van der Waals surface area contributed by atoms with Gasteiger partial charge in [0.25, 0.3) is 0 Å². The zero-order chi connectivity index (χ0) is 35.7. The number of primary amides is 1. The number of Topliss-reactive ketones (excluding diaryl/α,β-unsaturated/α-hetero) is 1. The molecule has 0 aromatic heterocycles. The molecule has 47 heavy (non-hydrogen) atoms. The third-order valence-corrected chi connectivity index (χ3v) is 7.85. The smallest absolute Gasteiger partial charge is 0.405 e. The van der Waals surface area contributed by atoms with Gasteiger partial charge in [-0.25, -0.2) is 14.4 Å². The molecule has 0 heterocycles. The fourth-order valence-corrected chi connectivity index (χ4v) is 4.52. The average Bonchev–Trinajstić information content (AvgIpc) is 3.02. The minimum absolute atomic E-state index is 0.0761. The molecule has 8 atom stereocenters. The van der Waals surface area contributed by atoms with E-state index in [0.717, 1.165) is 11.6 Å². The Hall–Kier alpha value is -3.81. The number of ether oxygens (including phenoxy) is 2. The van der Waals surface area contributed by atoms with Gasteiger partial charge in [0.05, 0.1) is 18.3 Å². The molecule has 1 aliphatic carbocycles. The van der Waals surface area contributed by atoms with Crippen molar-refractivity contribution < 1.29 is 54.2 Å². The number of carboxylic acids is 1. The van der Waals surface area contributed by atoms with E-state index in [0.29, 0.717) is 6.42 Å². The molecule has 260 valence electrons. The fraction of sp³-hybridized carbons (Fsp3) is 0.471. The van der Waals surface area contributed by atoms with Crippen molar-refractivity contribution in [2.45, 2.75) is 90.0 Å². The van der Waals surface area contributed by atoms with Crippen LogP contribution in [0, 0.1) is 11.8 Å². The summed E-state index contributed by atoms with van der Waals surface area (Å²) in [6.45, 7) is 6.75. The highest BCUT2D eigenvalue weighted by Gasteiger charge is 2.34. The van der Waals surface area contributed by atoms with Gasteiger partial charge in [0.2, 0.25) is 0 Å². The number of rotatable bonds is 18. The van der Waals surface area contributed by atoms with Crippen LogP contribution in [0.15, 0.2) is 83.0 Å². The van der Waals surface area contributed by atoms with E-state index in [1.807, 2.05) is 6.92 Å². The number of carboxylic acid groups (broad SMARTS) is 1. The van der Waals surface area contributed by atoms with Crippen LogP contribution in [0.2, 0.25) is 0 Å². The molecule has 7 N–H and O–H groups in total. The van der Waals surface area contributed by atoms with Crippen molar-refractivity contribution in [3.63, 3.8) is 0 Å². The van der Waals surface area contributed by atoms with Gasteiger partial charge in [-0.1, -0.05) is 86.6 Å². The first-order valence-electron chi connectivity index (χ1n) is 15.1. The molecule has 0 bridgehead atoms. The van der Waals surface area contributed by atoms with Crippen LogP contribution < -0.4 is 5.73 Å². The Morgan fingerprint density at radius 1 is 1.06 bits per heavy atom. The lowest BCUT2D eigenvalue weighted by Crippen LogP contribution is -2.42. The molecule has 0 spiro atoms. The molecule has 0 saturated carbocycles. The quantitative estimate of drug-likeness (QED) is 0.0533. The van der Waals surface area contributed by atoms with E-state index in [1.54, 1.807) is 56.4 Å². The number of amides is 1. The van der Waals surface area contributed by atoms with Crippen molar-refractivity contribution in [3.05, 3.63) is 83.0 Å². The molecule has 0 fully saturated rings. The number of hydrogen-bond donors (Lipinski definition) is 6. The summed E-state index contributed by atoms with van der Waals surface area (Å²) in [6, 6.07) is 0. The number of aliphatic hydroxyl groups excluding tert-OH is 4. The van der Waals surface area contributed by atoms with Crippen molar-refractivity contribution in [3.8, 4) is 0 Å². The lowest BCUT2D eigenvalue weighted by molar-refractivity contribution is -0.150. The molecule has 0 aromatic carbocycles. The lowest BCUT2D eigenvalue weighted by Gasteiger charge is -2.27. The van der Waals surface area contributed by atoms with Crippen LogP contribution in [0.3, 0.4) is 0 Å². The van der Waals surface area contributed by atoms with Crippen LogP contribution in [0.1, 0.15) is 53.4 Å². The van der Waals surface area contributed by atoms with Crippen molar-refractivity contribution in [1.82, 2.24) is 0 Å². The highest BCUT2D eigenvalue weighted by Crippen LogP contribution is 2.24. The van der Waals surface area contributed by atoms with E-state index in [9.17, 15) is 39.6 Å². The van der Waals surface area contributed by atoms with Gasteiger partial charge >= 0.3 is 18.0 Å². The molecule has 12 nitrogen and oxygen atoms in total. The maximum absolute atomic E-state index is 12.6. The normalized spacial score (nSPS) is 21.8. The zero-order valence-corrected chi connectivity index (χ0v) is 27.7. The van der Waals surface area contributed by atoms with Crippen LogP contribution in [0.4, 0.5) is 4.79 Å². The highest BCUT2D eigenvalue weighted by atomic mass is 35.5. The monoisotopic (exact) mass is 679 g/mol. The first-order chi connectivity index (χ1) is 22.1.